The number of nitrogens with zero attached hydrogens (tertiary/aromatic N) is 1. The van der Waals surface area contributed by atoms with Crippen LogP contribution >= 0.6 is 0 Å². The molecule has 26 heavy (non-hydrogen) atoms. The monoisotopic (exact) mass is 361 g/mol. The second-order valence-electron chi connectivity index (χ2n) is 6.83. The Morgan fingerprint density at radius 2 is 1.92 bits per heavy atom. The molecule has 0 radical (unpaired) electrons. The molecule has 2 atom stereocenters. The van der Waals surface area contributed by atoms with Gasteiger partial charge in [0.15, 0.2) is 11.5 Å². The van der Waals surface area contributed by atoms with Gasteiger partial charge in [0.2, 0.25) is 5.91 Å². The molecule has 2 heterocycles. The molecule has 1 saturated heterocycles. The third kappa shape index (κ3) is 3.50. The molecular weight excluding hydrogens is 334 g/mol. The van der Waals surface area contributed by atoms with E-state index in [1.807, 2.05) is 24.0 Å². The van der Waals surface area contributed by atoms with Crippen LogP contribution < -0.4 is 9.47 Å². The van der Waals surface area contributed by atoms with Crippen LogP contribution in [0.3, 0.4) is 0 Å². The van der Waals surface area contributed by atoms with Crippen molar-refractivity contribution in [3.05, 3.63) is 23.3 Å². The number of carbonyl (C=O) groups excluding carboxylic acids is 2. The van der Waals surface area contributed by atoms with Crippen LogP contribution in [0.1, 0.15) is 49.8 Å². The predicted molar refractivity (Wildman–Crippen MR) is 96.3 cm³/mol. The molecule has 0 spiro atoms. The number of benzene rings is 1. The lowest BCUT2D eigenvalue weighted by Gasteiger charge is -2.45. The average Bonchev–Trinajstić information content (AvgIpc) is 2.66. The molecule has 6 heteroatoms. The highest BCUT2D eigenvalue weighted by Gasteiger charge is 2.40. The summed E-state index contributed by atoms with van der Waals surface area (Å²) in [6.45, 7) is 2.93. The minimum absolute atomic E-state index is 0.00534. The number of piperidine rings is 1. The van der Waals surface area contributed by atoms with Gasteiger partial charge in [-0.25, -0.2) is 0 Å². The van der Waals surface area contributed by atoms with E-state index < -0.39 is 0 Å². The van der Waals surface area contributed by atoms with Gasteiger partial charge in [0, 0.05) is 19.4 Å². The molecule has 0 aliphatic carbocycles. The zero-order valence-corrected chi connectivity index (χ0v) is 15.7. The molecule has 1 fully saturated rings. The van der Waals surface area contributed by atoms with Crippen molar-refractivity contribution < 1.29 is 23.8 Å². The van der Waals surface area contributed by atoms with E-state index in [2.05, 4.69) is 0 Å². The number of rotatable bonds is 6. The highest BCUT2D eigenvalue weighted by atomic mass is 16.5. The Morgan fingerprint density at radius 3 is 2.62 bits per heavy atom. The molecule has 0 bridgehead atoms. The second-order valence-corrected chi connectivity index (χ2v) is 6.83. The molecule has 6 nitrogen and oxygen atoms in total. The molecule has 0 N–H and O–H groups in total. The first kappa shape index (κ1) is 18.5. The maximum Gasteiger partial charge on any atom is 0.305 e. The number of methoxy groups -OCH3 is 2. The number of hydrogen-bond donors (Lipinski definition) is 0. The van der Waals surface area contributed by atoms with Crippen LogP contribution in [-0.2, 0) is 20.7 Å². The first-order chi connectivity index (χ1) is 12.6. The predicted octanol–water partition coefficient (Wildman–Crippen LogP) is 2.88. The van der Waals surface area contributed by atoms with Crippen molar-refractivity contribution in [2.45, 2.75) is 45.1 Å². The summed E-state index contributed by atoms with van der Waals surface area (Å²) >= 11 is 0. The second kappa shape index (κ2) is 7.98. The number of hydrogen-bond acceptors (Lipinski definition) is 5. The first-order valence-electron chi connectivity index (χ1n) is 9.28. The van der Waals surface area contributed by atoms with Crippen LogP contribution in [0.5, 0.6) is 11.5 Å². The summed E-state index contributed by atoms with van der Waals surface area (Å²) in [6.07, 6.45) is 3.27. The summed E-state index contributed by atoms with van der Waals surface area (Å²) < 4.78 is 16.0. The summed E-state index contributed by atoms with van der Waals surface area (Å²) in [5.74, 6) is 1.66. The van der Waals surface area contributed by atoms with Gasteiger partial charge in [-0.2, -0.15) is 0 Å². The van der Waals surface area contributed by atoms with E-state index in [1.54, 1.807) is 14.2 Å². The fourth-order valence-electron chi connectivity index (χ4n) is 4.21. The van der Waals surface area contributed by atoms with E-state index in [0.717, 1.165) is 24.8 Å². The van der Waals surface area contributed by atoms with E-state index >= 15 is 0 Å². The fourth-order valence-corrected chi connectivity index (χ4v) is 4.21. The van der Waals surface area contributed by atoms with Gasteiger partial charge in [-0.3, -0.25) is 9.59 Å². The van der Waals surface area contributed by atoms with E-state index in [-0.39, 0.29) is 23.8 Å². The lowest BCUT2D eigenvalue weighted by atomic mass is 9.77. The number of ether oxygens (including phenoxy) is 3. The third-order valence-corrected chi connectivity index (χ3v) is 5.44. The van der Waals surface area contributed by atoms with Crippen molar-refractivity contribution in [1.82, 2.24) is 4.90 Å². The Hall–Kier alpha value is -2.24. The van der Waals surface area contributed by atoms with Crippen LogP contribution in [0.25, 0.3) is 0 Å². The average molecular weight is 361 g/mol. The Balaban J connectivity index is 1.90. The number of amides is 1. The number of carbonyl (C=O) groups is 2. The fraction of sp³-hybridized carbons (Fsp3) is 0.600. The lowest BCUT2D eigenvalue weighted by Crippen LogP contribution is -2.46. The summed E-state index contributed by atoms with van der Waals surface area (Å²) in [5.41, 5.74) is 2.32. The van der Waals surface area contributed by atoms with Crippen LogP contribution in [-0.4, -0.2) is 44.1 Å². The van der Waals surface area contributed by atoms with Crippen LogP contribution in [0.15, 0.2) is 12.1 Å². The van der Waals surface area contributed by atoms with Gasteiger partial charge >= 0.3 is 5.97 Å². The van der Waals surface area contributed by atoms with Gasteiger partial charge in [-0.05, 0) is 55.4 Å². The summed E-state index contributed by atoms with van der Waals surface area (Å²) in [7, 11) is 3.25. The van der Waals surface area contributed by atoms with Gasteiger partial charge in [0.25, 0.3) is 0 Å². The van der Waals surface area contributed by atoms with Crippen molar-refractivity contribution in [2.75, 3.05) is 27.4 Å². The quantitative estimate of drug-likeness (QED) is 0.729. The maximum absolute atomic E-state index is 12.5. The van der Waals surface area contributed by atoms with Crippen LogP contribution in [0.4, 0.5) is 0 Å². The minimum Gasteiger partial charge on any atom is -0.493 e. The van der Waals surface area contributed by atoms with Gasteiger partial charge < -0.3 is 19.1 Å². The third-order valence-electron chi connectivity index (χ3n) is 5.44. The first-order valence-corrected chi connectivity index (χ1v) is 9.28. The van der Waals surface area contributed by atoms with Gasteiger partial charge in [0.05, 0.1) is 26.9 Å². The van der Waals surface area contributed by atoms with Crippen molar-refractivity contribution in [3.63, 3.8) is 0 Å². The summed E-state index contributed by atoms with van der Waals surface area (Å²) in [5, 5.41) is 0. The van der Waals surface area contributed by atoms with E-state index in [9.17, 15) is 9.59 Å². The zero-order chi connectivity index (χ0) is 18.7. The molecule has 0 saturated carbocycles. The Labute approximate surface area is 154 Å². The van der Waals surface area contributed by atoms with E-state index in [0.29, 0.717) is 37.5 Å². The molecule has 3 rings (SSSR count). The zero-order valence-electron chi connectivity index (χ0n) is 15.7. The van der Waals surface area contributed by atoms with Crippen molar-refractivity contribution in [3.8, 4) is 11.5 Å². The largest absolute Gasteiger partial charge is 0.493 e. The van der Waals surface area contributed by atoms with E-state index in [1.165, 1.54) is 5.56 Å². The van der Waals surface area contributed by atoms with E-state index in [4.69, 9.17) is 14.2 Å². The van der Waals surface area contributed by atoms with Gasteiger partial charge in [0.1, 0.15) is 0 Å². The molecular formula is C20H27NO5. The Morgan fingerprint density at radius 1 is 1.19 bits per heavy atom. The molecule has 0 aromatic heterocycles. The highest BCUT2D eigenvalue weighted by molar-refractivity contribution is 5.78. The lowest BCUT2D eigenvalue weighted by molar-refractivity contribution is -0.144. The van der Waals surface area contributed by atoms with Crippen LogP contribution in [0, 0.1) is 5.92 Å². The molecule has 1 aromatic rings. The normalized spacial score (nSPS) is 21.7. The van der Waals surface area contributed by atoms with Crippen molar-refractivity contribution >= 4 is 11.9 Å². The summed E-state index contributed by atoms with van der Waals surface area (Å²) in [4.78, 5) is 26.3. The maximum atomic E-state index is 12.5. The smallest absolute Gasteiger partial charge is 0.305 e. The van der Waals surface area contributed by atoms with Gasteiger partial charge in [-0.1, -0.05) is 0 Å². The highest BCUT2D eigenvalue weighted by Crippen LogP contribution is 2.46. The molecule has 2 aliphatic heterocycles. The van der Waals surface area contributed by atoms with Gasteiger partial charge in [-0.15, -0.1) is 0 Å². The molecule has 0 unspecified atom stereocenters. The molecule has 1 aromatic carbocycles. The standard InChI is InChI=1S/C20H27NO5/c1-4-26-19(23)8-6-13-5-7-18(22)21-10-9-14-11-16(24-2)17(25-3)12-15(14)20(13)21/h11-13,20H,4-10H2,1-3H3/t13-,20-/m1/s1. The van der Waals surface area contributed by atoms with Crippen molar-refractivity contribution in [1.29, 1.82) is 0 Å². The number of esters is 1. The van der Waals surface area contributed by atoms with Crippen molar-refractivity contribution in [2.24, 2.45) is 5.92 Å². The SMILES string of the molecule is CCOC(=O)CC[C@H]1CCC(=O)N2CCc3cc(OC)c(OC)cc3[C@@H]12. The topological polar surface area (TPSA) is 65.1 Å². The summed E-state index contributed by atoms with van der Waals surface area (Å²) in [6, 6.07) is 4.02. The Kier molecular flexibility index (Phi) is 5.69. The number of fused-ring (bicyclic) bond motifs is 3. The molecule has 2 aliphatic rings. The molecule has 142 valence electrons. The Bertz CT molecular complexity index is 687. The molecule has 1 amide bonds. The van der Waals surface area contributed by atoms with Crippen LogP contribution in [0.2, 0.25) is 0 Å². The minimum atomic E-state index is -0.167.